The van der Waals surface area contributed by atoms with Gasteiger partial charge in [0.2, 0.25) is 17.7 Å². The zero-order valence-corrected chi connectivity index (χ0v) is 14.9. The minimum Gasteiger partial charge on any atom is -0.325 e. The summed E-state index contributed by atoms with van der Waals surface area (Å²) in [7, 11) is 0. The van der Waals surface area contributed by atoms with Crippen molar-refractivity contribution in [2.75, 3.05) is 11.9 Å². The van der Waals surface area contributed by atoms with Crippen LogP contribution in [-0.2, 0) is 14.4 Å². The van der Waals surface area contributed by atoms with Gasteiger partial charge in [0.1, 0.15) is 6.54 Å². The number of aryl methyl sites for hydroxylation is 2. The molecule has 2 saturated carbocycles. The van der Waals surface area contributed by atoms with Crippen molar-refractivity contribution >= 4 is 23.4 Å². The molecule has 2 bridgehead atoms. The van der Waals surface area contributed by atoms with Crippen LogP contribution in [0.1, 0.15) is 17.5 Å². The Bertz CT molecular complexity index is 838. The number of hydrogen-bond acceptors (Lipinski definition) is 3. The predicted octanol–water partition coefficient (Wildman–Crippen LogP) is 2.30. The number of benzene rings is 1. The maximum absolute atomic E-state index is 12.9. The van der Waals surface area contributed by atoms with E-state index in [1.54, 1.807) is 0 Å². The third-order valence-corrected chi connectivity index (χ3v) is 6.85. The Balaban J connectivity index is 1.32. The number of anilines is 1. The minimum atomic E-state index is -0.320. The normalized spacial score (nSPS) is 36.2. The van der Waals surface area contributed by atoms with Crippen molar-refractivity contribution < 1.29 is 14.4 Å². The van der Waals surface area contributed by atoms with E-state index in [4.69, 9.17) is 0 Å². The summed E-state index contributed by atoms with van der Waals surface area (Å²) in [4.78, 5) is 39.4. The highest BCUT2D eigenvalue weighted by Gasteiger charge is 2.67. The summed E-state index contributed by atoms with van der Waals surface area (Å²) >= 11 is 0. The van der Waals surface area contributed by atoms with Crippen LogP contribution in [0.5, 0.6) is 0 Å². The van der Waals surface area contributed by atoms with Crippen LogP contribution in [0.3, 0.4) is 0 Å². The van der Waals surface area contributed by atoms with E-state index in [1.165, 1.54) is 4.90 Å². The van der Waals surface area contributed by atoms with Crippen molar-refractivity contribution in [3.8, 4) is 0 Å². The molecule has 1 saturated heterocycles. The first-order valence-corrected chi connectivity index (χ1v) is 9.36. The first-order chi connectivity index (χ1) is 12.5. The number of allylic oxidation sites excluding steroid dienone is 2. The van der Waals surface area contributed by atoms with Gasteiger partial charge in [-0.25, -0.2) is 0 Å². The third-order valence-electron chi connectivity index (χ3n) is 6.85. The quantitative estimate of drug-likeness (QED) is 0.672. The molecule has 26 heavy (non-hydrogen) atoms. The third kappa shape index (κ3) is 2.12. The van der Waals surface area contributed by atoms with E-state index in [0.29, 0.717) is 17.5 Å². The lowest BCUT2D eigenvalue weighted by atomic mass is 9.63. The number of nitrogens with zero attached hydrogens (tertiary/aromatic N) is 1. The van der Waals surface area contributed by atoms with Gasteiger partial charge in [-0.05, 0) is 67.2 Å². The predicted molar refractivity (Wildman–Crippen MR) is 96.0 cm³/mol. The molecule has 5 nitrogen and oxygen atoms in total. The maximum atomic E-state index is 12.9. The van der Waals surface area contributed by atoms with E-state index in [2.05, 4.69) is 17.5 Å². The zero-order chi connectivity index (χ0) is 18.2. The second-order valence-corrected chi connectivity index (χ2v) is 8.26. The van der Waals surface area contributed by atoms with Gasteiger partial charge in [-0.1, -0.05) is 18.2 Å². The Morgan fingerprint density at radius 1 is 1.04 bits per heavy atom. The van der Waals surface area contributed by atoms with Gasteiger partial charge < -0.3 is 5.32 Å². The van der Waals surface area contributed by atoms with Crippen LogP contribution in [0.4, 0.5) is 5.69 Å². The van der Waals surface area contributed by atoms with E-state index in [0.717, 1.165) is 17.5 Å². The average Bonchev–Trinajstić information content (AvgIpc) is 3.39. The van der Waals surface area contributed by atoms with E-state index >= 15 is 0 Å². The largest absolute Gasteiger partial charge is 0.325 e. The van der Waals surface area contributed by atoms with Gasteiger partial charge in [-0.3, -0.25) is 19.3 Å². The fourth-order valence-electron chi connectivity index (χ4n) is 5.34. The van der Waals surface area contributed by atoms with Gasteiger partial charge >= 0.3 is 0 Å². The molecule has 134 valence electrons. The summed E-state index contributed by atoms with van der Waals surface area (Å²) in [6.07, 6.45) is 5.43. The van der Waals surface area contributed by atoms with Gasteiger partial charge in [0.25, 0.3) is 0 Å². The van der Waals surface area contributed by atoms with Crippen LogP contribution >= 0.6 is 0 Å². The molecule has 1 heterocycles. The summed E-state index contributed by atoms with van der Waals surface area (Å²) in [5.41, 5.74) is 2.93. The van der Waals surface area contributed by atoms with E-state index in [9.17, 15) is 14.4 Å². The molecule has 1 aromatic carbocycles. The van der Waals surface area contributed by atoms with E-state index in [1.807, 2.05) is 32.0 Å². The lowest BCUT2D eigenvalue weighted by Crippen LogP contribution is -2.40. The summed E-state index contributed by atoms with van der Waals surface area (Å²) in [5.74, 6) is 0.434. The molecule has 0 unspecified atom stereocenters. The van der Waals surface area contributed by atoms with Crippen LogP contribution < -0.4 is 5.32 Å². The highest BCUT2D eigenvalue weighted by molar-refractivity contribution is 6.09. The summed E-state index contributed by atoms with van der Waals surface area (Å²) in [6, 6.07) is 5.69. The van der Waals surface area contributed by atoms with Gasteiger partial charge in [-0.2, -0.15) is 0 Å². The van der Waals surface area contributed by atoms with Crippen molar-refractivity contribution in [2.45, 2.75) is 20.3 Å². The topological polar surface area (TPSA) is 66.5 Å². The lowest BCUT2D eigenvalue weighted by molar-refractivity contribution is -0.142. The Morgan fingerprint density at radius 2 is 1.65 bits per heavy atom. The maximum Gasteiger partial charge on any atom is 0.244 e. The molecule has 6 rings (SSSR count). The SMILES string of the molecule is Cc1ccc(NC(=O)CN2C(=O)[C@H]3[C@@H]4C=C[C@H]([C@H]5C[C@H]45)[C@@H]3C2=O)cc1C. The first kappa shape index (κ1) is 15.8. The average molecular weight is 350 g/mol. The van der Waals surface area contributed by atoms with Crippen molar-refractivity contribution in [1.29, 1.82) is 0 Å². The molecule has 0 radical (unpaired) electrons. The number of rotatable bonds is 3. The number of imide groups is 1. The molecule has 4 aliphatic carbocycles. The second-order valence-electron chi connectivity index (χ2n) is 8.26. The van der Waals surface area contributed by atoms with Crippen LogP contribution in [0.15, 0.2) is 30.4 Å². The summed E-state index contributed by atoms with van der Waals surface area (Å²) in [6.45, 7) is 3.81. The van der Waals surface area contributed by atoms with E-state index in [-0.39, 0.29) is 47.9 Å². The molecule has 3 fully saturated rings. The number of hydrogen-bond donors (Lipinski definition) is 1. The van der Waals surface area contributed by atoms with Crippen LogP contribution in [-0.4, -0.2) is 29.2 Å². The van der Waals surface area contributed by atoms with Crippen LogP contribution in [0.2, 0.25) is 0 Å². The van der Waals surface area contributed by atoms with Crippen molar-refractivity contribution in [3.63, 3.8) is 0 Å². The molecule has 5 aliphatic rings. The molecular weight excluding hydrogens is 328 g/mol. The fourth-order valence-corrected chi connectivity index (χ4v) is 5.34. The second kappa shape index (κ2) is 5.29. The van der Waals surface area contributed by atoms with Crippen molar-refractivity contribution in [3.05, 3.63) is 41.5 Å². The Morgan fingerprint density at radius 3 is 2.23 bits per heavy atom. The van der Waals surface area contributed by atoms with Crippen molar-refractivity contribution in [1.82, 2.24) is 4.90 Å². The monoisotopic (exact) mass is 350 g/mol. The number of carbonyl (C=O) groups is 3. The number of carbonyl (C=O) groups excluding carboxylic acids is 3. The smallest absolute Gasteiger partial charge is 0.244 e. The Hall–Kier alpha value is -2.43. The van der Waals surface area contributed by atoms with Gasteiger partial charge in [0.15, 0.2) is 0 Å². The number of likely N-dealkylation sites (tertiary alicyclic amines) is 1. The fraction of sp³-hybridized carbons (Fsp3) is 0.476. The highest BCUT2D eigenvalue weighted by Crippen LogP contribution is 2.65. The molecule has 0 spiro atoms. The molecule has 1 N–H and O–H groups in total. The van der Waals surface area contributed by atoms with Crippen LogP contribution in [0.25, 0.3) is 0 Å². The summed E-state index contributed by atoms with van der Waals surface area (Å²) in [5, 5.41) is 2.81. The number of nitrogens with one attached hydrogen (secondary N) is 1. The summed E-state index contributed by atoms with van der Waals surface area (Å²) < 4.78 is 0. The molecule has 5 heteroatoms. The molecule has 1 aromatic rings. The van der Waals surface area contributed by atoms with Gasteiger partial charge in [0, 0.05) is 5.69 Å². The molecular formula is C21H22N2O3. The van der Waals surface area contributed by atoms with Gasteiger partial charge in [-0.15, -0.1) is 0 Å². The number of amides is 3. The standard InChI is InChI=1S/C21H22N2O3/c1-10-3-4-12(7-11(10)2)22-17(24)9-23-20(25)18-13-5-6-14(16-8-15(13)16)19(18)21(23)26/h3-7,13-16,18-19H,8-9H2,1-2H3,(H,22,24)/t13-,14-,15-,16-,18+,19+/m1/s1. The minimum absolute atomic E-state index is 0.153. The molecule has 1 aliphatic heterocycles. The first-order valence-electron chi connectivity index (χ1n) is 9.36. The van der Waals surface area contributed by atoms with E-state index < -0.39 is 0 Å². The lowest BCUT2D eigenvalue weighted by Gasteiger charge is -2.37. The van der Waals surface area contributed by atoms with Crippen LogP contribution in [0, 0.1) is 49.4 Å². The molecule has 0 aromatic heterocycles. The molecule has 3 amide bonds. The van der Waals surface area contributed by atoms with Crippen molar-refractivity contribution in [2.24, 2.45) is 35.5 Å². The highest BCUT2D eigenvalue weighted by atomic mass is 16.2. The van der Waals surface area contributed by atoms with Gasteiger partial charge in [0.05, 0.1) is 11.8 Å². The Labute approximate surface area is 152 Å². The molecule has 6 atom stereocenters. The Kier molecular flexibility index (Phi) is 3.21. The zero-order valence-electron chi connectivity index (χ0n) is 14.9.